The van der Waals surface area contributed by atoms with Gasteiger partial charge < -0.3 is 14.3 Å². The SMILES string of the molecule is Cc1ccc2oc(-c3nc(C4CCNCC4)no3)cc2c1. The zero-order chi connectivity index (χ0) is 14.2. The molecule has 5 nitrogen and oxygen atoms in total. The van der Waals surface area contributed by atoms with E-state index < -0.39 is 0 Å². The second-order valence-corrected chi connectivity index (χ2v) is 5.63. The lowest BCUT2D eigenvalue weighted by Crippen LogP contribution is -2.27. The van der Waals surface area contributed by atoms with Crippen molar-refractivity contribution in [3.05, 3.63) is 35.7 Å². The topological polar surface area (TPSA) is 64.1 Å². The van der Waals surface area contributed by atoms with Crippen molar-refractivity contribution in [2.75, 3.05) is 13.1 Å². The Morgan fingerprint density at radius 3 is 2.90 bits per heavy atom. The summed E-state index contributed by atoms with van der Waals surface area (Å²) in [6, 6.07) is 8.05. The molecule has 108 valence electrons. The van der Waals surface area contributed by atoms with E-state index in [9.17, 15) is 0 Å². The number of fused-ring (bicyclic) bond motifs is 1. The normalized spacial score (nSPS) is 16.6. The van der Waals surface area contributed by atoms with E-state index in [0.717, 1.165) is 42.7 Å². The van der Waals surface area contributed by atoms with Crippen molar-refractivity contribution in [2.45, 2.75) is 25.7 Å². The van der Waals surface area contributed by atoms with Crippen LogP contribution in [0.3, 0.4) is 0 Å². The summed E-state index contributed by atoms with van der Waals surface area (Å²) in [5.74, 6) is 2.29. The van der Waals surface area contributed by atoms with Gasteiger partial charge in [0.2, 0.25) is 0 Å². The van der Waals surface area contributed by atoms with Crippen molar-refractivity contribution < 1.29 is 8.94 Å². The Balaban J connectivity index is 1.67. The number of rotatable bonds is 2. The van der Waals surface area contributed by atoms with Crippen molar-refractivity contribution in [1.29, 1.82) is 0 Å². The summed E-state index contributed by atoms with van der Waals surface area (Å²) in [7, 11) is 0. The molecule has 1 aromatic carbocycles. The van der Waals surface area contributed by atoms with Gasteiger partial charge in [-0.25, -0.2) is 0 Å². The van der Waals surface area contributed by atoms with Crippen LogP contribution in [0.5, 0.6) is 0 Å². The lowest BCUT2D eigenvalue weighted by molar-refractivity contribution is 0.387. The van der Waals surface area contributed by atoms with Crippen LogP contribution in [0.4, 0.5) is 0 Å². The van der Waals surface area contributed by atoms with Gasteiger partial charge >= 0.3 is 0 Å². The number of nitrogens with zero attached hydrogens (tertiary/aromatic N) is 2. The molecule has 0 bridgehead atoms. The summed E-state index contributed by atoms with van der Waals surface area (Å²) < 4.78 is 11.2. The molecule has 5 heteroatoms. The first-order valence-corrected chi connectivity index (χ1v) is 7.34. The van der Waals surface area contributed by atoms with E-state index in [0.29, 0.717) is 17.6 Å². The fourth-order valence-corrected chi connectivity index (χ4v) is 2.85. The van der Waals surface area contributed by atoms with E-state index in [1.165, 1.54) is 5.56 Å². The van der Waals surface area contributed by atoms with E-state index >= 15 is 0 Å². The molecule has 1 aliphatic heterocycles. The molecular formula is C16H17N3O2. The van der Waals surface area contributed by atoms with Crippen molar-refractivity contribution in [3.63, 3.8) is 0 Å². The third-order valence-corrected chi connectivity index (χ3v) is 4.03. The lowest BCUT2D eigenvalue weighted by atomic mass is 9.98. The first-order valence-electron chi connectivity index (χ1n) is 7.34. The van der Waals surface area contributed by atoms with Gasteiger partial charge in [0.05, 0.1) is 0 Å². The maximum absolute atomic E-state index is 5.80. The highest BCUT2D eigenvalue weighted by molar-refractivity contribution is 5.82. The molecule has 1 fully saturated rings. The van der Waals surface area contributed by atoms with E-state index in [4.69, 9.17) is 8.94 Å². The number of nitrogens with one attached hydrogen (secondary N) is 1. The Morgan fingerprint density at radius 1 is 1.19 bits per heavy atom. The molecule has 1 N–H and O–H groups in total. The van der Waals surface area contributed by atoms with Crippen LogP contribution < -0.4 is 5.32 Å². The Labute approximate surface area is 122 Å². The van der Waals surface area contributed by atoms with Gasteiger partial charge in [-0.1, -0.05) is 16.8 Å². The standard InChI is InChI=1S/C16H17N3O2/c1-10-2-3-13-12(8-10)9-14(20-13)16-18-15(19-21-16)11-4-6-17-7-5-11/h2-3,8-9,11,17H,4-7H2,1H3. The molecule has 0 unspecified atom stereocenters. The molecule has 0 amide bonds. The quantitative estimate of drug-likeness (QED) is 0.782. The van der Waals surface area contributed by atoms with Crippen LogP contribution in [-0.2, 0) is 0 Å². The van der Waals surface area contributed by atoms with Gasteiger partial charge in [-0.2, -0.15) is 4.98 Å². The summed E-state index contributed by atoms with van der Waals surface area (Å²) in [5, 5.41) is 8.53. The first-order chi connectivity index (χ1) is 10.3. The van der Waals surface area contributed by atoms with Crippen LogP contribution in [0.15, 0.2) is 33.2 Å². The number of benzene rings is 1. The lowest BCUT2D eigenvalue weighted by Gasteiger charge is -2.18. The van der Waals surface area contributed by atoms with Gasteiger partial charge in [0.1, 0.15) is 5.58 Å². The summed E-state index contributed by atoms with van der Waals surface area (Å²) >= 11 is 0. The predicted octanol–water partition coefficient (Wildman–Crippen LogP) is 3.26. The van der Waals surface area contributed by atoms with Gasteiger partial charge in [0.25, 0.3) is 5.89 Å². The molecule has 0 spiro atoms. The maximum Gasteiger partial charge on any atom is 0.293 e. The van der Waals surface area contributed by atoms with Gasteiger partial charge in [-0.15, -0.1) is 0 Å². The second-order valence-electron chi connectivity index (χ2n) is 5.63. The fourth-order valence-electron chi connectivity index (χ4n) is 2.85. The highest BCUT2D eigenvalue weighted by atomic mass is 16.5. The van der Waals surface area contributed by atoms with E-state index in [1.807, 2.05) is 18.2 Å². The number of aryl methyl sites for hydroxylation is 1. The van der Waals surface area contributed by atoms with Crippen molar-refractivity contribution in [1.82, 2.24) is 15.5 Å². The second kappa shape index (κ2) is 5.00. The van der Waals surface area contributed by atoms with Crippen LogP contribution in [0.2, 0.25) is 0 Å². The predicted molar refractivity (Wildman–Crippen MR) is 79.1 cm³/mol. The molecule has 1 aliphatic rings. The Hall–Kier alpha value is -2.14. The molecular weight excluding hydrogens is 266 g/mol. The van der Waals surface area contributed by atoms with E-state index in [2.05, 4.69) is 28.4 Å². The Morgan fingerprint density at radius 2 is 2.05 bits per heavy atom. The van der Waals surface area contributed by atoms with Crippen LogP contribution in [0, 0.1) is 6.92 Å². The molecule has 1 saturated heterocycles. The van der Waals surface area contributed by atoms with Crippen molar-refractivity contribution in [3.8, 4) is 11.7 Å². The number of furan rings is 1. The first kappa shape index (κ1) is 12.6. The third-order valence-electron chi connectivity index (χ3n) is 4.03. The minimum Gasteiger partial charge on any atom is -0.451 e. The van der Waals surface area contributed by atoms with E-state index in [-0.39, 0.29) is 0 Å². The molecule has 4 rings (SSSR count). The van der Waals surface area contributed by atoms with Crippen LogP contribution in [-0.4, -0.2) is 23.2 Å². The average molecular weight is 283 g/mol. The summed E-state index contributed by atoms with van der Waals surface area (Å²) in [6.07, 6.45) is 2.11. The molecule has 3 aromatic rings. The van der Waals surface area contributed by atoms with E-state index in [1.54, 1.807) is 0 Å². The molecule has 3 heterocycles. The zero-order valence-electron chi connectivity index (χ0n) is 11.9. The molecule has 0 radical (unpaired) electrons. The average Bonchev–Trinajstić information content (AvgIpc) is 3.14. The highest BCUT2D eigenvalue weighted by Crippen LogP contribution is 2.29. The van der Waals surface area contributed by atoms with Crippen molar-refractivity contribution in [2.24, 2.45) is 0 Å². The van der Waals surface area contributed by atoms with Gasteiger partial charge in [0, 0.05) is 11.3 Å². The fraction of sp³-hybridized carbons (Fsp3) is 0.375. The smallest absolute Gasteiger partial charge is 0.293 e. The Kier molecular flexibility index (Phi) is 3.00. The number of piperidine rings is 1. The van der Waals surface area contributed by atoms with Crippen LogP contribution >= 0.6 is 0 Å². The largest absolute Gasteiger partial charge is 0.451 e. The molecule has 0 aliphatic carbocycles. The monoisotopic (exact) mass is 283 g/mol. The molecule has 0 saturated carbocycles. The third kappa shape index (κ3) is 2.34. The molecule has 2 aromatic heterocycles. The summed E-state index contributed by atoms with van der Waals surface area (Å²) in [5.41, 5.74) is 2.05. The minimum absolute atomic E-state index is 0.385. The molecule has 0 atom stereocenters. The van der Waals surface area contributed by atoms with Gasteiger partial charge in [-0.3, -0.25) is 0 Å². The Bertz CT molecular complexity index is 769. The summed E-state index contributed by atoms with van der Waals surface area (Å²) in [4.78, 5) is 4.52. The number of hydrogen-bond donors (Lipinski definition) is 1. The maximum atomic E-state index is 5.80. The minimum atomic E-state index is 0.385. The van der Waals surface area contributed by atoms with Crippen LogP contribution in [0.25, 0.3) is 22.6 Å². The zero-order valence-corrected chi connectivity index (χ0v) is 11.9. The molecule has 21 heavy (non-hydrogen) atoms. The van der Waals surface area contributed by atoms with Gasteiger partial charge in [0.15, 0.2) is 11.6 Å². The van der Waals surface area contributed by atoms with Crippen molar-refractivity contribution >= 4 is 11.0 Å². The number of aromatic nitrogens is 2. The number of hydrogen-bond acceptors (Lipinski definition) is 5. The highest BCUT2D eigenvalue weighted by Gasteiger charge is 2.22. The van der Waals surface area contributed by atoms with Gasteiger partial charge in [-0.05, 0) is 51.1 Å². The summed E-state index contributed by atoms with van der Waals surface area (Å²) in [6.45, 7) is 4.09. The van der Waals surface area contributed by atoms with Crippen LogP contribution in [0.1, 0.15) is 30.1 Å².